The fourth-order valence-corrected chi connectivity index (χ4v) is 3.46. The van der Waals surface area contributed by atoms with Crippen molar-refractivity contribution in [3.63, 3.8) is 0 Å². The molecule has 0 atom stereocenters. The number of hydrogen-bond acceptors (Lipinski definition) is 7. The fourth-order valence-electron chi connectivity index (χ4n) is 2.44. The minimum atomic E-state index is -0.352. The summed E-state index contributed by atoms with van der Waals surface area (Å²) in [6, 6.07) is 1.63. The van der Waals surface area contributed by atoms with Gasteiger partial charge in [-0.25, -0.2) is 9.67 Å². The minimum absolute atomic E-state index is 0.0823. The van der Waals surface area contributed by atoms with Crippen molar-refractivity contribution in [2.24, 2.45) is 0 Å². The molecule has 3 heterocycles. The Morgan fingerprint density at radius 2 is 2.00 bits per heavy atom. The van der Waals surface area contributed by atoms with Crippen LogP contribution in [0.1, 0.15) is 50.2 Å². The van der Waals surface area contributed by atoms with Crippen molar-refractivity contribution >= 4 is 33.1 Å². The van der Waals surface area contributed by atoms with Crippen molar-refractivity contribution in [3.05, 3.63) is 39.5 Å². The number of nitrogens with zero attached hydrogens (tertiary/aromatic N) is 5. The summed E-state index contributed by atoms with van der Waals surface area (Å²) in [6.45, 7) is 7.89. The van der Waals surface area contributed by atoms with E-state index in [1.165, 1.54) is 28.4 Å². The van der Waals surface area contributed by atoms with E-state index in [4.69, 9.17) is 0 Å². The predicted molar refractivity (Wildman–Crippen MR) is 101 cm³/mol. The minimum Gasteiger partial charge on any atom is -0.323 e. The summed E-state index contributed by atoms with van der Waals surface area (Å²) in [5.74, 6) is -0.0445. The number of carbonyl (C=O) groups excluding carboxylic acids is 1. The SMILES string of the molecule is CC(C)c1nc2c(C(C)C)nn(CC(=O)Nc3ccnnc3)c(=O)c2s1. The highest BCUT2D eigenvalue weighted by Crippen LogP contribution is 2.28. The van der Waals surface area contributed by atoms with Crippen molar-refractivity contribution in [2.75, 3.05) is 5.32 Å². The summed E-state index contributed by atoms with van der Waals surface area (Å²) in [4.78, 5) is 29.7. The van der Waals surface area contributed by atoms with E-state index in [-0.39, 0.29) is 29.8 Å². The number of thiazole rings is 1. The quantitative estimate of drug-likeness (QED) is 0.738. The maximum absolute atomic E-state index is 12.8. The fraction of sp³-hybridized carbons (Fsp3) is 0.412. The number of aromatic nitrogens is 5. The number of amides is 1. The number of anilines is 1. The highest BCUT2D eigenvalue weighted by atomic mass is 32.1. The summed E-state index contributed by atoms with van der Waals surface area (Å²) in [5.41, 5.74) is 1.59. The second kappa shape index (κ2) is 7.28. The monoisotopic (exact) mass is 372 g/mol. The van der Waals surface area contributed by atoms with Crippen LogP contribution in [0.3, 0.4) is 0 Å². The van der Waals surface area contributed by atoms with E-state index in [2.05, 4.69) is 25.6 Å². The molecule has 8 nitrogen and oxygen atoms in total. The Bertz CT molecular complexity index is 994. The van der Waals surface area contributed by atoms with Gasteiger partial charge in [-0.3, -0.25) is 9.59 Å². The Morgan fingerprint density at radius 3 is 2.62 bits per heavy atom. The molecular formula is C17H20N6O2S. The van der Waals surface area contributed by atoms with Crippen molar-refractivity contribution in [1.82, 2.24) is 25.0 Å². The second-order valence-corrected chi connectivity index (χ2v) is 7.60. The highest BCUT2D eigenvalue weighted by Gasteiger charge is 2.20. The molecule has 1 N–H and O–H groups in total. The van der Waals surface area contributed by atoms with Crippen LogP contribution in [0.4, 0.5) is 5.69 Å². The second-order valence-electron chi connectivity index (χ2n) is 6.57. The van der Waals surface area contributed by atoms with Crippen molar-refractivity contribution < 1.29 is 4.79 Å². The highest BCUT2D eigenvalue weighted by molar-refractivity contribution is 7.18. The standard InChI is InChI=1S/C17H20N6O2S/c1-9(2)13-14-15(26-16(21-14)10(3)4)17(25)23(22-13)8-12(24)20-11-5-6-18-19-7-11/h5-7,9-10H,8H2,1-4H3,(H,18,20,24). The van der Waals surface area contributed by atoms with Crippen LogP contribution in [0.15, 0.2) is 23.3 Å². The summed E-state index contributed by atoms with van der Waals surface area (Å²) < 4.78 is 1.76. The largest absolute Gasteiger partial charge is 0.323 e. The Morgan fingerprint density at radius 1 is 1.23 bits per heavy atom. The van der Waals surface area contributed by atoms with Gasteiger partial charge in [0.1, 0.15) is 16.8 Å². The average Bonchev–Trinajstić information content (AvgIpc) is 3.04. The molecule has 26 heavy (non-hydrogen) atoms. The van der Waals surface area contributed by atoms with Crippen LogP contribution < -0.4 is 10.9 Å². The van der Waals surface area contributed by atoms with Gasteiger partial charge in [0.15, 0.2) is 0 Å². The van der Waals surface area contributed by atoms with Crippen LogP contribution in [-0.2, 0) is 11.3 Å². The molecule has 0 bridgehead atoms. The van der Waals surface area contributed by atoms with Crippen LogP contribution in [0.2, 0.25) is 0 Å². The van der Waals surface area contributed by atoms with Gasteiger partial charge >= 0.3 is 0 Å². The van der Waals surface area contributed by atoms with E-state index in [0.29, 0.717) is 15.9 Å². The van der Waals surface area contributed by atoms with E-state index < -0.39 is 0 Å². The molecule has 0 saturated carbocycles. The maximum Gasteiger partial charge on any atom is 0.286 e. The number of nitrogens with one attached hydrogen (secondary N) is 1. The normalized spacial score (nSPS) is 11.5. The van der Waals surface area contributed by atoms with Crippen molar-refractivity contribution in [1.29, 1.82) is 0 Å². The van der Waals surface area contributed by atoms with E-state index >= 15 is 0 Å². The van der Waals surface area contributed by atoms with E-state index in [0.717, 1.165) is 10.7 Å². The van der Waals surface area contributed by atoms with Crippen LogP contribution in [0, 0.1) is 0 Å². The van der Waals surface area contributed by atoms with Gasteiger partial charge in [0.05, 0.1) is 28.8 Å². The zero-order valence-corrected chi connectivity index (χ0v) is 15.9. The zero-order chi connectivity index (χ0) is 18.8. The molecule has 1 amide bonds. The first-order valence-electron chi connectivity index (χ1n) is 8.34. The Labute approximate surface area is 154 Å². The molecule has 0 aliphatic carbocycles. The van der Waals surface area contributed by atoms with Crippen molar-refractivity contribution in [2.45, 2.75) is 46.1 Å². The summed E-state index contributed by atoms with van der Waals surface area (Å²) >= 11 is 1.37. The molecule has 0 radical (unpaired) electrons. The van der Waals surface area contributed by atoms with Crippen molar-refractivity contribution in [3.8, 4) is 0 Å². The maximum atomic E-state index is 12.8. The van der Waals surface area contributed by atoms with Gasteiger partial charge in [0, 0.05) is 5.92 Å². The lowest BCUT2D eigenvalue weighted by Gasteiger charge is -2.10. The molecule has 9 heteroatoms. The Balaban J connectivity index is 1.99. The van der Waals surface area contributed by atoms with E-state index in [1.54, 1.807) is 6.07 Å². The molecule has 0 spiro atoms. The molecular weight excluding hydrogens is 352 g/mol. The molecule has 0 aromatic carbocycles. The summed E-state index contributed by atoms with van der Waals surface area (Å²) in [5, 5.41) is 15.4. The molecule has 136 valence electrons. The molecule has 3 aromatic rings. The van der Waals surface area contributed by atoms with Gasteiger partial charge in [0.2, 0.25) is 5.91 Å². The molecule has 0 aliphatic heterocycles. The number of fused-ring (bicyclic) bond motifs is 1. The van der Waals surface area contributed by atoms with E-state index in [1.807, 2.05) is 27.7 Å². The van der Waals surface area contributed by atoms with Crippen LogP contribution in [0.25, 0.3) is 10.2 Å². The van der Waals surface area contributed by atoms with Gasteiger partial charge in [-0.1, -0.05) is 27.7 Å². The average molecular weight is 372 g/mol. The third-order valence-electron chi connectivity index (χ3n) is 3.75. The summed E-state index contributed by atoms with van der Waals surface area (Å²) in [6.07, 6.45) is 2.92. The van der Waals surface area contributed by atoms with Crippen LogP contribution >= 0.6 is 11.3 Å². The smallest absolute Gasteiger partial charge is 0.286 e. The molecule has 3 rings (SSSR count). The topological polar surface area (TPSA) is 103 Å². The van der Waals surface area contributed by atoms with E-state index in [9.17, 15) is 9.59 Å². The third-order valence-corrected chi connectivity index (χ3v) is 5.09. The summed E-state index contributed by atoms with van der Waals surface area (Å²) in [7, 11) is 0. The molecule has 0 saturated heterocycles. The van der Waals surface area contributed by atoms with Crippen LogP contribution in [0.5, 0.6) is 0 Å². The predicted octanol–water partition coefficient (Wildman–Crippen LogP) is 2.53. The number of hydrogen-bond donors (Lipinski definition) is 1. The molecule has 3 aromatic heterocycles. The van der Waals surface area contributed by atoms with Gasteiger partial charge in [-0.2, -0.15) is 15.3 Å². The zero-order valence-electron chi connectivity index (χ0n) is 15.1. The first-order chi connectivity index (χ1) is 12.4. The third kappa shape index (κ3) is 3.62. The molecule has 0 aliphatic rings. The lowest BCUT2D eigenvalue weighted by molar-refractivity contribution is -0.117. The molecule has 0 fully saturated rings. The lowest BCUT2D eigenvalue weighted by Crippen LogP contribution is -2.30. The Hall–Kier alpha value is -2.68. The van der Waals surface area contributed by atoms with Gasteiger partial charge < -0.3 is 5.32 Å². The first-order valence-corrected chi connectivity index (χ1v) is 9.16. The first kappa shape index (κ1) is 18.1. The molecule has 0 unspecified atom stereocenters. The van der Waals surface area contributed by atoms with Gasteiger partial charge in [-0.15, -0.1) is 11.3 Å². The lowest BCUT2D eigenvalue weighted by atomic mass is 10.1. The van der Waals surface area contributed by atoms with Gasteiger partial charge in [-0.05, 0) is 12.0 Å². The van der Waals surface area contributed by atoms with Crippen LogP contribution in [-0.4, -0.2) is 30.9 Å². The number of carbonyl (C=O) groups is 1. The number of rotatable bonds is 5. The van der Waals surface area contributed by atoms with Gasteiger partial charge in [0.25, 0.3) is 5.56 Å². The Kier molecular flexibility index (Phi) is 5.08.